The number of hydrogen-bond donors (Lipinski definition) is 1. The van der Waals surface area contributed by atoms with E-state index in [0.29, 0.717) is 5.92 Å². The van der Waals surface area contributed by atoms with Gasteiger partial charge in [0.1, 0.15) is 0 Å². The number of benzene rings is 1. The van der Waals surface area contributed by atoms with Crippen LogP contribution in [0.2, 0.25) is 0 Å². The van der Waals surface area contributed by atoms with E-state index in [1.54, 1.807) is 6.08 Å². The van der Waals surface area contributed by atoms with Gasteiger partial charge in [0, 0.05) is 12.6 Å². The molecule has 0 radical (unpaired) electrons. The molecule has 96 valence electrons. The van der Waals surface area contributed by atoms with Crippen molar-refractivity contribution in [3.8, 4) is 0 Å². The Bertz CT molecular complexity index is 413. The molecule has 2 nitrogen and oxygen atoms in total. The average Bonchev–Trinajstić information content (AvgIpc) is 2.89. The standard InChI is InChI=1S/C16H21NO/c1-13-6-8-14(9-7-13)10-11-16(18)17-12-15-4-2-3-5-15/h6-11,15H,2-5,12H2,1H3,(H,17,18)/b11-10+. The summed E-state index contributed by atoms with van der Waals surface area (Å²) >= 11 is 0. The van der Waals surface area contributed by atoms with Crippen molar-refractivity contribution in [2.45, 2.75) is 32.6 Å². The first-order chi connectivity index (χ1) is 8.74. The molecule has 1 aliphatic carbocycles. The van der Waals surface area contributed by atoms with E-state index in [-0.39, 0.29) is 5.91 Å². The van der Waals surface area contributed by atoms with Crippen molar-refractivity contribution in [3.63, 3.8) is 0 Å². The minimum Gasteiger partial charge on any atom is -0.352 e. The van der Waals surface area contributed by atoms with Gasteiger partial charge in [0.25, 0.3) is 0 Å². The molecular formula is C16H21NO. The lowest BCUT2D eigenvalue weighted by molar-refractivity contribution is -0.116. The molecule has 1 fully saturated rings. The summed E-state index contributed by atoms with van der Waals surface area (Å²) in [4.78, 5) is 11.6. The fourth-order valence-electron chi connectivity index (χ4n) is 2.37. The lowest BCUT2D eigenvalue weighted by Crippen LogP contribution is -2.26. The van der Waals surface area contributed by atoms with Crippen molar-refractivity contribution in [2.75, 3.05) is 6.54 Å². The summed E-state index contributed by atoms with van der Waals surface area (Å²) in [6.07, 6.45) is 8.66. The highest BCUT2D eigenvalue weighted by molar-refractivity contribution is 5.91. The smallest absolute Gasteiger partial charge is 0.244 e. The Kier molecular flexibility index (Phi) is 4.57. The molecule has 1 saturated carbocycles. The molecule has 1 amide bonds. The lowest BCUT2D eigenvalue weighted by atomic mass is 10.1. The van der Waals surface area contributed by atoms with Crippen LogP contribution < -0.4 is 5.32 Å². The van der Waals surface area contributed by atoms with Gasteiger partial charge in [0.2, 0.25) is 5.91 Å². The average molecular weight is 243 g/mol. The zero-order valence-electron chi connectivity index (χ0n) is 11.0. The number of hydrogen-bond acceptors (Lipinski definition) is 1. The third-order valence-corrected chi connectivity index (χ3v) is 3.54. The SMILES string of the molecule is Cc1ccc(/C=C/C(=O)NCC2CCCC2)cc1. The van der Waals surface area contributed by atoms with E-state index in [0.717, 1.165) is 12.1 Å². The van der Waals surface area contributed by atoms with E-state index < -0.39 is 0 Å². The van der Waals surface area contributed by atoms with Crippen molar-refractivity contribution in [3.05, 3.63) is 41.5 Å². The number of amides is 1. The normalized spacial score (nSPS) is 16.3. The zero-order valence-corrected chi connectivity index (χ0v) is 11.0. The molecule has 1 N–H and O–H groups in total. The molecule has 0 bridgehead atoms. The fourth-order valence-corrected chi connectivity index (χ4v) is 2.37. The maximum Gasteiger partial charge on any atom is 0.244 e. The quantitative estimate of drug-likeness (QED) is 0.808. The maximum atomic E-state index is 11.6. The Labute approximate surface area is 109 Å². The third kappa shape index (κ3) is 4.02. The molecule has 18 heavy (non-hydrogen) atoms. The fraction of sp³-hybridized carbons (Fsp3) is 0.438. The topological polar surface area (TPSA) is 29.1 Å². The number of aryl methyl sites for hydroxylation is 1. The highest BCUT2D eigenvalue weighted by Crippen LogP contribution is 2.23. The minimum absolute atomic E-state index is 0.0162. The van der Waals surface area contributed by atoms with Crippen LogP contribution in [0, 0.1) is 12.8 Å². The summed E-state index contributed by atoms with van der Waals surface area (Å²) in [6.45, 7) is 2.89. The van der Waals surface area contributed by atoms with Gasteiger partial charge in [-0.05, 0) is 37.3 Å². The van der Waals surface area contributed by atoms with E-state index in [4.69, 9.17) is 0 Å². The van der Waals surface area contributed by atoms with Gasteiger partial charge in [-0.3, -0.25) is 4.79 Å². The summed E-state index contributed by atoms with van der Waals surface area (Å²) in [7, 11) is 0. The second-order valence-corrected chi connectivity index (χ2v) is 5.14. The monoisotopic (exact) mass is 243 g/mol. The summed E-state index contributed by atoms with van der Waals surface area (Å²) in [5.41, 5.74) is 2.30. The highest BCUT2D eigenvalue weighted by Gasteiger charge is 2.14. The van der Waals surface area contributed by atoms with Crippen molar-refractivity contribution in [2.24, 2.45) is 5.92 Å². The largest absolute Gasteiger partial charge is 0.352 e. The molecule has 0 atom stereocenters. The first-order valence-corrected chi connectivity index (χ1v) is 6.76. The summed E-state index contributed by atoms with van der Waals surface area (Å²) in [5, 5.41) is 2.98. The molecule has 0 aromatic heterocycles. The highest BCUT2D eigenvalue weighted by atomic mass is 16.1. The van der Waals surface area contributed by atoms with Gasteiger partial charge >= 0.3 is 0 Å². The van der Waals surface area contributed by atoms with Crippen molar-refractivity contribution in [1.29, 1.82) is 0 Å². The Morgan fingerprint density at radius 1 is 1.28 bits per heavy atom. The van der Waals surface area contributed by atoms with Gasteiger partial charge in [-0.15, -0.1) is 0 Å². The number of nitrogens with one attached hydrogen (secondary N) is 1. The van der Waals surface area contributed by atoms with E-state index in [1.165, 1.54) is 31.2 Å². The number of carbonyl (C=O) groups is 1. The van der Waals surface area contributed by atoms with Gasteiger partial charge < -0.3 is 5.32 Å². The van der Waals surface area contributed by atoms with Gasteiger partial charge in [0.15, 0.2) is 0 Å². The van der Waals surface area contributed by atoms with Crippen LogP contribution in [0.15, 0.2) is 30.3 Å². The molecule has 0 saturated heterocycles. The first-order valence-electron chi connectivity index (χ1n) is 6.76. The molecule has 1 aliphatic rings. The van der Waals surface area contributed by atoms with Crippen LogP contribution in [0.1, 0.15) is 36.8 Å². The van der Waals surface area contributed by atoms with Crippen LogP contribution in [0.25, 0.3) is 6.08 Å². The Hall–Kier alpha value is -1.57. The lowest BCUT2D eigenvalue weighted by Gasteiger charge is -2.08. The van der Waals surface area contributed by atoms with Crippen LogP contribution in [0.3, 0.4) is 0 Å². The van der Waals surface area contributed by atoms with Crippen LogP contribution in [-0.4, -0.2) is 12.5 Å². The van der Waals surface area contributed by atoms with Gasteiger partial charge in [-0.1, -0.05) is 42.7 Å². The molecule has 2 rings (SSSR count). The number of carbonyl (C=O) groups excluding carboxylic acids is 1. The van der Waals surface area contributed by atoms with Gasteiger partial charge in [0.05, 0.1) is 0 Å². The van der Waals surface area contributed by atoms with E-state index in [9.17, 15) is 4.79 Å². The second kappa shape index (κ2) is 6.39. The molecule has 0 aliphatic heterocycles. The molecule has 1 aromatic carbocycles. The van der Waals surface area contributed by atoms with Crippen LogP contribution >= 0.6 is 0 Å². The summed E-state index contributed by atoms with van der Waals surface area (Å²) < 4.78 is 0. The van der Waals surface area contributed by atoms with E-state index in [2.05, 4.69) is 24.4 Å². The molecule has 1 aromatic rings. The van der Waals surface area contributed by atoms with Crippen LogP contribution in [0.5, 0.6) is 0 Å². The van der Waals surface area contributed by atoms with Crippen LogP contribution in [-0.2, 0) is 4.79 Å². The van der Waals surface area contributed by atoms with E-state index in [1.807, 2.05) is 18.2 Å². The van der Waals surface area contributed by atoms with E-state index >= 15 is 0 Å². The van der Waals surface area contributed by atoms with Crippen LogP contribution in [0.4, 0.5) is 0 Å². The third-order valence-electron chi connectivity index (χ3n) is 3.54. The Balaban J connectivity index is 1.77. The van der Waals surface area contributed by atoms with Gasteiger partial charge in [-0.2, -0.15) is 0 Å². The second-order valence-electron chi connectivity index (χ2n) is 5.14. The first kappa shape index (κ1) is 12.9. The van der Waals surface area contributed by atoms with Crippen molar-refractivity contribution in [1.82, 2.24) is 5.32 Å². The number of rotatable bonds is 4. The van der Waals surface area contributed by atoms with Crippen molar-refractivity contribution >= 4 is 12.0 Å². The predicted molar refractivity (Wildman–Crippen MR) is 75.2 cm³/mol. The van der Waals surface area contributed by atoms with Gasteiger partial charge in [-0.25, -0.2) is 0 Å². The summed E-state index contributed by atoms with van der Waals surface area (Å²) in [5.74, 6) is 0.712. The molecular weight excluding hydrogens is 222 g/mol. The Morgan fingerprint density at radius 3 is 2.61 bits per heavy atom. The minimum atomic E-state index is 0.0162. The molecule has 0 heterocycles. The maximum absolute atomic E-state index is 11.6. The van der Waals surface area contributed by atoms with Crippen molar-refractivity contribution < 1.29 is 4.79 Å². The summed E-state index contributed by atoms with van der Waals surface area (Å²) in [6, 6.07) is 8.15. The molecule has 2 heteroatoms. The molecule has 0 spiro atoms. The predicted octanol–water partition coefficient (Wildman–Crippen LogP) is 3.31. The zero-order chi connectivity index (χ0) is 12.8. The Morgan fingerprint density at radius 2 is 1.94 bits per heavy atom. The molecule has 0 unspecified atom stereocenters.